The molecule has 10 heteroatoms. The minimum atomic E-state index is -3.95. The van der Waals surface area contributed by atoms with E-state index in [0.717, 1.165) is 32.7 Å². The van der Waals surface area contributed by atoms with Crippen LogP contribution in [0.25, 0.3) is 10.8 Å². The van der Waals surface area contributed by atoms with Gasteiger partial charge in [-0.2, -0.15) is 4.72 Å². The third-order valence-corrected chi connectivity index (χ3v) is 8.49. The SMILES string of the molecule is N=C(N)N1CCC[C@H](COC(=O)[C@@H](Cc2ccc3ccccc3c2)NS(=O)(=O)c2ccc(I)cc2)C1. The zero-order valence-corrected chi connectivity index (χ0v) is 22.7. The Hall–Kier alpha value is -2.70. The Bertz CT molecular complexity index is 1350. The van der Waals surface area contributed by atoms with Crippen LogP contribution in [0.4, 0.5) is 0 Å². The number of guanidine groups is 1. The minimum Gasteiger partial charge on any atom is -0.464 e. The molecule has 190 valence electrons. The summed E-state index contributed by atoms with van der Waals surface area (Å²) in [5, 5.41) is 9.73. The molecule has 0 unspecified atom stereocenters. The van der Waals surface area contributed by atoms with Crippen molar-refractivity contribution in [3.8, 4) is 0 Å². The maximum Gasteiger partial charge on any atom is 0.324 e. The van der Waals surface area contributed by atoms with Gasteiger partial charge in [0.05, 0.1) is 11.5 Å². The summed E-state index contributed by atoms with van der Waals surface area (Å²) in [6, 6.07) is 19.0. The molecule has 4 N–H and O–H groups in total. The molecule has 3 aromatic rings. The molecule has 2 atom stereocenters. The van der Waals surface area contributed by atoms with Crippen molar-refractivity contribution < 1.29 is 17.9 Å². The van der Waals surface area contributed by atoms with Crippen LogP contribution in [0.5, 0.6) is 0 Å². The summed E-state index contributed by atoms with van der Waals surface area (Å²) in [7, 11) is -3.95. The molecule has 0 amide bonds. The van der Waals surface area contributed by atoms with Gasteiger partial charge < -0.3 is 15.4 Å². The van der Waals surface area contributed by atoms with Crippen LogP contribution in [-0.4, -0.2) is 51.0 Å². The molecule has 1 aliphatic rings. The van der Waals surface area contributed by atoms with E-state index in [2.05, 4.69) is 27.3 Å². The molecule has 0 spiro atoms. The lowest BCUT2D eigenvalue weighted by atomic mass is 9.99. The highest BCUT2D eigenvalue weighted by atomic mass is 127. The molecule has 8 nitrogen and oxygen atoms in total. The van der Waals surface area contributed by atoms with Gasteiger partial charge in [-0.15, -0.1) is 0 Å². The molecule has 0 aliphatic carbocycles. The fourth-order valence-corrected chi connectivity index (χ4v) is 5.91. The van der Waals surface area contributed by atoms with Gasteiger partial charge in [-0.3, -0.25) is 10.2 Å². The number of sulfonamides is 1. The van der Waals surface area contributed by atoms with Crippen LogP contribution in [0.2, 0.25) is 0 Å². The number of nitrogens with two attached hydrogens (primary N) is 1. The van der Waals surface area contributed by atoms with Gasteiger partial charge in [0.2, 0.25) is 10.0 Å². The predicted molar refractivity (Wildman–Crippen MR) is 148 cm³/mol. The molecular formula is C26H29IN4O4S. The lowest BCUT2D eigenvalue weighted by Crippen LogP contribution is -2.46. The summed E-state index contributed by atoms with van der Waals surface area (Å²) in [6.07, 6.45) is 1.85. The number of fused-ring (bicyclic) bond motifs is 1. The fourth-order valence-electron chi connectivity index (χ4n) is 4.36. The Balaban J connectivity index is 1.52. The highest BCUT2D eigenvalue weighted by molar-refractivity contribution is 14.1. The third-order valence-electron chi connectivity index (χ3n) is 6.28. The number of hydrogen-bond donors (Lipinski definition) is 3. The van der Waals surface area contributed by atoms with Crippen molar-refractivity contribution in [2.24, 2.45) is 11.7 Å². The van der Waals surface area contributed by atoms with Crippen molar-refractivity contribution in [3.63, 3.8) is 0 Å². The smallest absolute Gasteiger partial charge is 0.324 e. The number of carbonyl (C=O) groups excluding carboxylic acids is 1. The molecule has 1 aliphatic heterocycles. The van der Waals surface area contributed by atoms with Crippen molar-refractivity contribution in [1.82, 2.24) is 9.62 Å². The first-order valence-electron chi connectivity index (χ1n) is 11.7. The second-order valence-corrected chi connectivity index (χ2v) is 11.9. The summed E-state index contributed by atoms with van der Waals surface area (Å²) in [5.41, 5.74) is 6.44. The third kappa shape index (κ3) is 6.74. The number of piperidine rings is 1. The highest BCUT2D eigenvalue weighted by Gasteiger charge is 2.29. The highest BCUT2D eigenvalue weighted by Crippen LogP contribution is 2.20. The molecule has 1 fully saturated rings. The first-order chi connectivity index (χ1) is 17.2. The van der Waals surface area contributed by atoms with E-state index in [1.54, 1.807) is 17.0 Å². The van der Waals surface area contributed by atoms with E-state index in [-0.39, 0.29) is 29.8 Å². The van der Waals surface area contributed by atoms with Gasteiger partial charge in [0.15, 0.2) is 5.96 Å². The summed E-state index contributed by atoms with van der Waals surface area (Å²) in [5.74, 6) is -0.594. The van der Waals surface area contributed by atoms with E-state index in [9.17, 15) is 13.2 Å². The van der Waals surface area contributed by atoms with Crippen molar-refractivity contribution in [2.45, 2.75) is 30.2 Å². The number of nitrogens with one attached hydrogen (secondary N) is 2. The van der Waals surface area contributed by atoms with Gasteiger partial charge in [0, 0.05) is 22.6 Å². The maximum atomic E-state index is 13.2. The molecule has 4 rings (SSSR count). The van der Waals surface area contributed by atoms with Crippen molar-refractivity contribution in [3.05, 3.63) is 75.9 Å². The number of ether oxygens (including phenoxy) is 1. The Morgan fingerprint density at radius 2 is 1.86 bits per heavy atom. The Labute approximate surface area is 224 Å². The summed E-state index contributed by atoms with van der Waals surface area (Å²) < 4.78 is 35.3. The monoisotopic (exact) mass is 620 g/mol. The zero-order chi connectivity index (χ0) is 25.7. The Morgan fingerprint density at radius 3 is 2.58 bits per heavy atom. The number of nitrogens with zero attached hydrogens (tertiary/aromatic N) is 1. The number of benzene rings is 3. The van der Waals surface area contributed by atoms with Gasteiger partial charge in [-0.05, 0) is 82.5 Å². The molecule has 0 radical (unpaired) electrons. The van der Waals surface area contributed by atoms with Gasteiger partial charge >= 0.3 is 5.97 Å². The van der Waals surface area contributed by atoms with Crippen LogP contribution in [0.15, 0.2) is 71.6 Å². The van der Waals surface area contributed by atoms with E-state index in [1.165, 1.54) is 12.1 Å². The van der Waals surface area contributed by atoms with E-state index in [0.29, 0.717) is 13.1 Å². The summed E-state index contributed by atoms with van der Waals surface area (Å²) in [4.78, 5) is 15.0. The first-order valence-corrected chi connectivity index (χ1v) is 14.3. The number of halogens is 1. The van der Waals surface area contributed by atoms with Crippen LogP contribution in [0.1, 0.15) is 18.4 Å². The first kappa shape index (κ1) is 26.4. The van der Waals surface area contributed by atoms with Gasteiger partial charge in [0.25, 0.3) is 0 Å². The average molecular weight is 621 g/mol. The van der Waals surface area contributed by atoms with E-state index in [1.807, 2.05) is 42.5 Å². The van der Waals surface area contributed by atoms with Crippen LogP contribution < -0.4 is 10.5 Å². The molecular weight excluding hydrogens is 591 g/mol. The Morgan fingerprint density at radius 1 is 1.14 bits per heavy atom. The van der Waals surface area contributed by atoms with Crippen LogP contribution in [0.3, 0.4) is 0 Å². The Kier molecular flexibility index (Phi) is 8.47. The van der Waals surface area contributed by atoms with Crippen LogP contribution in [0, 0.1) is 14.9 Å². The standard InChI is InChI=1S/C26H29IN4O4S/c27-22-9-11-23(12-10-22)36(33,34)30-24(15-18-7-8-20-5-1-2-6-21(20)14-18)25(32)35-17-19-4-3-13-31(16-19)26(28)29/h1-2,5-12,14,19,24,30H,3-4,13,15-17H2,(H3,28,29)/t19-,24+/m0/s1. The minimum absolute atomic E-state index is 0.00508. The molecule has 3 aromatic carbocycles. The van der Waals surface area contributed by atoms with E-state index >= 15 is 0 Å². The largest absolute Gasteiger partial charge is 0.464 e. The fraction of sp³-hybridized carbons (Fsp3) is 0.308. The van der Waals surface area contributed by atoms with E-state index in [4.69, 9.17) is 15.9 Å². The van der Waals surface area contributed by atoms with Crippen LogP contribution >= 0.6 is 22.6 Å². The van der Waals surface area contributed by atoms with Crippen molar-refractivity contribution in [2.75, 3.05) is 19.7 Å². The predicted octanol–water partition coefficient (Wildman–Crippen LogP) is 3.48. The lowest BCUT2D eigenvalue weighted by Gasteiger charge is -2.32. The quantitative estimate of drug-likeness (QED) is 0.153. The molecule has 0 aromatic heterocycles. The topological polar surface area (TPSA) is 126 Å². The summed E-state index contributed by atoms with van der Waals surface area (Å²) in [6.45, 7) is 1.38. The molecule has 0 saturated carbocycles. The second kappa shape index (κ2) is 11.6. The van der Waals surface area contributed by atoms with E-state index < -0.39 is 22.0 Å². The maximum absolute atomic E-state index is 13.2. The average Bonchev–Trinajstić information content (AvgIpc) is 2.87. The number of carbonyl (C=O) groups is 1. The van der Waals surface area contributed by atoms with Crippen molar-refractivity contribution in [1.29, 1.82) is 5.41 Å². The van der Waals surface area contributed by atoms with Crippen LogP contribution in [-0.2, 0) is 26.0 Å². The number of rotatable bonds is 8. The normalized spacial score (nSPS) is 17.0. The number of esters is 1. The molecule has 36 heavy (non-hydrogen) atoms. The second-order valence-electron chi connectivity index (χ2n) is 8.98. The van der Waals surface area contributed by atoms with Gasteiger partial charge in [-0.25, -0.2) is 8.42 Å². The number of hydrogen-bond acceptors (Lipinski definition) is 5. The van der Waals surface area contributed by atoms with Gasteiger partial charge in [-0.1, -0.05) is 42.5 Å². The molecule has 1 heterocycles. The van der Waals surface area contributed by atoms with Crippen molar-refractivity contribution >= 4 is 55.3 Å². The zero-order valence-electron chi connectivity index (χ0n) is 19.7. The number of likely N-dealkylation sites (tertiary alicyclic amines) is 1. The lowest BCUT2D eigenvalue weighted by molar-refractivity contribution is -0.147. The van der Waals surface area contributed by atoms with Gasteiger partial charge in [0.1, 0.15) is 6.04 Å². The molecule has 1 saturated heterocycles. The molecule has 0 bridgehead atoms. The summed E-state index contributed by atoms with van der Waals surface area (Å²) >= 11 is 2.11.